The molecule has 1 atom stereocenters. The number of anilines is 2. The SMILES string of the molecule is CC(=O)c1cc(NC(C)Cc2ccccc2)ccc1N. The molecule has 104 valence electrons. The third-order valence-corrected chi connectivity index (χ3v) is 3.23. The van der Waals surface area contributed by atoms with E-state index in [-0.39, 0.29) is 11.8 Å². The molecule has 0 saturated carbocycles. The molecule has 0 bridgehead atoms. The Bertz CT molecular complexity index is 593. The first-order valence-electron chi connectivity index (χ1n) is 6.77. The molecule has 3 nitrogen and oxygen atoms in total. The van der Waals surface area contributed by atoms with Crippen LogP contribution in [0.2, 0.25) is 0 Å². The average Bonchev–Trinajstić information content (AvgIpc) is 2.41. The average molecular weight is 268 g/mol. The van der Waals surface area contributed by atoms with Crippen LogP contribution >= 0.6 is 0 Å². The molecule has 2 aromatic carbocycles. The van der Waals surface area contributed by atoms with E-state index in [4.69, 9.17) is 5.73 Å². The standard InChI is InChI=1S/C17H20N2O/c1-12(10-14-6-4-3-5-7-14)19-15-8-9-17(18)16(11-15)13(2)20/h3-9,11-12,19H,10,18H2,1-2H3. The first kappa shape index (κ1) is 14.1. The second-order valence-corrected chi connectivity index (χ2v) is 5.09. The number of carbonyl (C=O) groups excluding carboxylic acids is 1. The first-order chi connectivity index (χ1) is 9.56. The molecule has 0 aliphatic carbocycles. The van der Waals surface area contributed by atoms with Crippen molar-refractivity contribution in [2.45, 2.75) is 26.3 Å². The van der Waals surface area contributed by atoms with Crippen LogP contribution in [0.3, 0.4) is 0 Å². The van der Waals surface area contributed by atoms with Gasteiger partial charge in [0.05, 0.1) is 0 Å². The van der Waals surface area contributed by atoms with Crippen LogP contribution in [0.4, 0.5) is 11.4 Å². The Balaban J connectivity index is 2.06. The summed E-state index contributed by atoms with van der Waals surface area (Å²) in [4.78, 5) is 11.5. The Morgan fingerprint density at radius 2 is 1.90 bits per heavy atom. The highest BCUT2D eigenvalue weighted by atomic mass is 16.1. The normalized spacial score (nSPS) is 11.9. The van der Waals surface area contributed by atoms with Gasteiger partial charge in [0, 0.05) is 23.0 Å². The van der Waals surface area contributed by atoms with Crippen molar-refractivity contribution in [2.75, 3.05) is 11.1 Å². The van der Waals surface area contributed by atoms with Gasteiger partial charge in [-0.1, -0.05) is 30.3 Å². The lowest BCUT2D eigenvalue weighted by molar-refractivity contribution is 0.101. The highest BCUT2D eigenvalue weighted by Crippen LogP contribution is 2.19. The van der Waals surface area contributed by atoms with Gasteiger partial charge >= 0.3 is 0 Å². The summed E-state index contributed by atoms with van der Waals surface area (Å²) >= 11 is 0. The second-order valence-electron chi connectivity index (χ2n) is 5.09. The molecule has 20 heavy (non-hydrogen) atoms. The van der Waals surface area contributed by atoms with Crippen LogP contribution in [0, 0.1) is 0 Å². The molecular weight excluding hydrogens is 248 g/mol. The molecule has 1 unspecified atom stereocenters. The number of benzene rings is 2. The Morgan fingerprint density at radius 3 is 2.55 bits per heavy atom. The lowest BCUT2D eigenvalue weighted by Crippen LogP contribution is -2.18. The maximum Gasteiger partial charge on any atom is 0.161 e. The molecule has 2 rings (SSSR count). The topological polar surface area (TPSA) is 55.1 Å². The van der Waals surface area contributed by atoms with Crippen molar-refractivity contribution in [1.29, 1.82) is 0 Å². The summed E-state index contributed by atoms with van der Waals surface area (Å²) in [5.41, 5.74) is 9.10. The van der Waals surface area contributed by atoms with E-state index in [0.717, 1.165) is 12.1 Å². The fourth-order valence-corrected chi connectivity index (χ4v) is 2.25. The number of nitrogens with two attached hydrogens (primary N) is 1. The summed E-state index contributed by atoms with van der Waals surface area (Å²) in [7, 11) is 0. The fraction of sp³-hybridized carbons (Fsp3) is 0.235. The Labute approximate surface area is 119 Å². The van der Waals surface area contributed by atoms with Crippen LogP contribution in [0.5, 0.6) is 0 Å². The second kappa shape index (κ2) is 6.24. The van der Waals surface area contributed by atoms with Gasteiger partial charge in [0.15, 0.2) is 5.78 Å². The quantitative estimate of drug-likeness (QED) is 0.644. The molecule has 0 radical (unpaired) electrons. The fourth-order valence-electron chi connectivity index (χ4n) is 2.25. The summed E-state index contributed by atoms with van der Waals surface area (Å²) in [6, 6.07) is 16.1. The minimum absolute atomic E-state index is 0.0122. The largest absolute Gasteiger partial charge is 0.398 e. The van der Waals surface area contributed by atoms with Gasteiger partial charge in [0.1, 0.15) is 0 Å². The van der Waals surface area contributed by atoms with Crippen molar-refractivity contribution in [3.05, 3.63) is 59.7 Å². The number of nitrogen functional groups attached to an aromatic ring is 1. The maximum absolute atomic E-state index is 11.5. The van der Waals surface area contributed by atoms with Gasteiger partial charge in [0.2, 0.25) is 0 Å². The van der Waals surface area contributed by atoms with E-state index in [1.54, 1.807) is 6.07 Å². The molecule has 2 aromatic rings. The number of carbonyl (C=O) groups is 1. The molecule has 0 amide bonds. The van der Waals surface area contributed by atoms with Gasteiger partial charge in [-0.15, -0.1) is 0 Å². The lowest BCUT2D eigenvalue weighted by Gasteiger charge is -2.16. The van der Waals surface area contributed by atoms with Crippen molar-refractivity contribution in [3.63, 3.8) is 0 Å². The van der Waals surface area contributed by atoms with E-state index >= 15 is 0 Å². The third kappa shape index (κ3) is 3.60. The van der Waals surface area contributed by atoms with Crippen LogP contribution in [0.15, 0.2) is 48.5 Å². The highest BCUT2D eigenvalue weighted by molar-refractivity contribution is 6.00. The van der Waals surface area contributed by atoms with Crippen molar-refractivity contribution in [1.82, 2.24) is 0 Å². The number of rotatable bonds is 5. The highest BCUT2D eigenvalue weighted by Gasteiger charge is 2.08. The van der Waals surface area contributed by atoms with E-state index in [1.165, 1.54) is 12.5 Å². The predicted molar refractivity (Wildman–Crippen MR) is 84.1 cm³/mol. The zero-order chi connectivity index (χ0) is 14.5. The lowest BCUT2D eigenvalue weighted by atomic mass is 10.1. The van der Waals surface area contributed by atoms with Crippen molar-refractivity contribution in [2.24, 2.45) is 0 Å². The zero-order valence-electron chi connectivity index (χ0n) is 11.9. The molecular formula is C17H20N2O. The van der Waals surface area contributed by atoms with E-state index in [9.17, 15) is 4.79 Å². The Morgan fingerprint density at radius 1 is 1.20 bits per heavy atom. The van der Waals surface area contributed by atoms with Crippen LogP contribution < -0.4 is 11.1 Å². The van der Waals surface area contributed by atoms with Crippen LogP contribution in [0.1, 0.15) is 29.8 Å². The summed E-state index contributed by atoms with van der Waals surface area (Å²) in [5, 5.41) is 3.41. The van der Waals surface area contributed by atoms with Crippen molar-refractivity contribution in [3.8, 4) is 0 Å². The summed E-state index contributed by atoms with van der Waals surface area (Å²) in [5.74, 6) is -0.0122. The van der Waals surface area contributed by atoms with Gasteiger partial charge in [0.25, 0.3) is 0 Å². The number of Topliss-reactive ketones (excluding diaryl/α,β-unsaturated/α-hetero) is 1. The number of ketones is 1. The van der Waals surface area contributed by atoms with Gasteiger partial charge < -0.3 is 11.1 Å². The maximum atomic E-state index is 11.5. The first-order valence-corrected chi connectivity index (χ1v) is 6.77. The molecule has 0 saturated heterocycles. The monoisotopic (exact) mass is 268 g/mol. The van der Waals surface area contributed by atoms with Crippen LogP contribution in [-0.4, -0.2) is 11.8 Å². The number of hydrogen-bond acceptors (Lipinski definition) is 3. The van der Waals surface area contributed by atoms with E-state index in [0.29, 0.717) is 11.3 Å². The van der Waals surface area contributed by atoms with Crippen LogP contribution in [0.25, 0.3) is 0 Å². The van der Waals surface area contributed by atoms with Gasteiger partial charge in [-0.25, -0.2) is 0 Å². The van der Waals surface area contributed by atoms with E-state index in [1.807, 2.05) is 30.3 Å². The number of nitrogens with one attached hydrogen (secondary N) is 1. The van der Waals surface area contributed by atoms with Crippen molar-refractivity contribution >= 4 is 17.2 Å². The van der Waals surface area contributed by atoms with Gasteiger partial charge in [-0.3, -0.25) is 4.79 Å². The molecule has 0 aromatic heterocycles. The Kier molecular flexibility index (Phi) is 4.41. The predicted octanol–water partition coefficient (Wildman–Crippen LogP) is 3.51. The minimum Gasteiger partial charge on any atom is -0.398 e. The zero-order valence-corrected chi connectivity index (χ0v) is 11.9. The van der Waals surface area contributed by atoms with Gasteiger partial charge in [-0.05, 0) is 44.0 Å². The molecule has 0 aliphatic heterocycles. The van der Waals surface area contributed by atoms with E-state index in [2.05, 4.69) is 24.4 Å². The van der Waals surface area contributed by atoms with Crippen LogP contribution in [-0.2, 0) is 6.42 Å². The minimum atomic E-state index is -0.0122. The Hall–Kier alpha value is -2.29. The third-order valence-electron chi connectivity index (χ3n) is 3.23. The smallest absolute Gasteiger partial charge is 0.161 e. The summed E-state index contributed by atoms with van der Waals surface area (Å²) in [6.07, 6.45) is 0.931. The molecule has 0 heterocycles. The molecule has 0 spiro atoms. The molecule has 3 N–H and O–H groups in total. The van der Waals surface area contributed by atoms with Gasteiger partial charge in [-0.2, -0.15) is 0 Å². The molecule has 0 aliphatic rings. The number of hydrogen-bond donors (Lipinski definition) is 2. The summed E-state index contributed by atoms with van der Waals surface area (Å²) < 4.78 is 0. The molecule has 0 fully saturated rings. The van der Waals surface area contributed by atoms with E-state index < -0.39 is 0 Å². The summed E-state index contributed by atoms with van der Waals surface area (Å²) in [6.45, 7) is 3.65. The van der Waals surface area contributed by atoms with Crippen molar-refractivity contribution < 1.29 is 4.79 Å². The molecule has 3 heteroatoms.